The molecule has 3 N–H and O–H groups in total. The summed E-state index contributed by atoms with van der Waals surface area (Å²) in [4.78, 5) is 12.9. The van der Waals surface area contributed by atoms with Crippen molar-refractivity contribution in [1.29, 1.82) is 0 Å². The number of nitrogens with one attached hydrogen (secondary N) is 1. The second kappa shape index (κ2) is 7.33. The molecule has 2 aromatic rings. The molecule has 2 rings (SSSR count). The number of hydrogen-bond acceptors (Lipinski definition) is 5. The van der Waals surface area contributed by atoms with Crippen LogP contribution in [0.1, 0.15) is 22.2 Å². The van der Waals surface area contributed by atoms with Crippen molar-refractivity contribution in [2.75, 3.05) is 24.2 Å². The topological polar surface area (TPSA) is 64.3 Å². The van der Waals surface area contributed by atoms with Crippen molar-refractivity contribution < 1.29 is 9.53 Å². The van der Waals surface area contributed by atoms with Crippen molar-refractivity contribution in [3.63, 3.8) is 0 Å². The lowest BCUT2D eigenvalue weighted by Gasteiger charge is -2.10. The monoisotopic (exact) mass is 324 g/mol. The van der Waals surface area contributed by atoms with E-state index in [-0.39, 0.29) is 5.97 Å². The molecule has 0 radical (unpaired) electrons. The number of nitrogens with two attached hydrogens (primary N) is 1. The van der Waals surface area contributed by atoms with Crippen LogP contribution in [0.5, 0.6) is 0 Å². The van der Waals surface area contributed by atoms with Crippen LogP contribution in [-0.4, -0.2) is 19.1 Å². The summed E-state index contributed by atoms with van der Waals surface area (Å²) < 4.78 is 5.76. The van der Waals surface area contributed by atoms with Gasteiger partial charge < -0.3 is 15.8 Å². The lowest BCUT2D eigenvalue weighted by atomic mass is 10.1. The highest BCUT2D eigenvalue weighted by Gasteiger charge is 2.09. The highest BCUT2D eigenvalue weighted by molar-refractivity contribution is 7.16. The summed E-state index contributed by atoms with van der Waals surface area (Å²) in [6.45, 7) is 2.85. The summed E-state index contributed by atoms with van der Waals surface area (Å²) in [6, 6.07) is 8.98. The third kappa shape index (κ3) is 4.37. The summed E-state index contributed by atoms with van der Waals surface area (Å²) >= 11 is 7.46. The molecule has 0 fully saturated rings. The van der Waals surface area contributed by atoms with Crippen LogP contribution in [-0.2, 0) is 11.2 Å². The van der Waals surface area contributed by atoms with Crippen LogP contribution >= 0.6 is 22.9 Å². The van der Waals surface area contributed by atoms with Crippen LogP contribution in [0.4, 0.5) is 11.4 Å². The van der Waals surface area contributed by atoms with Crippen molar-refractivity contribution in [2.24, 2.45) is 0 Å². The largest absolute Gasteiger partial charge is 0.462 e. The molecular formula is C15H17ClN2O2S. The van der Waals surface area contributed by atoms with E-state index in [2.05, 4.69) is 5.32 Å². The van der Waals surface area contributed by atoms with E-state index >= 15 is 0 Å². The lowest BCUT2D eigenvalue weighted by Crippen LogP contribution is -2.09. The van der Waals surface area contributed by atoms with Crippen LogP contribution in [0.15, 0.2) is 30.3 Å². The molecular weight excluding hydrogens is 308 g/mol. The van der Waals surface area contributed by atoms with E-state index in [0.717, 1.165) is 16.4 Å². The highest BCUT2D eigenvalue weighted by atomic mass is 35.5. The summed E-state index contributed by atoms with van der Waals surface area (Å²) in [6.07, 6.45) is 0.848. The minimum Gasteiger partial charge on any atom is -0.462 e. The number of esters is 1. The van der Waals surface area contributed by atoms with E-state index in [1.165, 1.54) is 4.88 Å². The molecule has 0 saturated heterocycles. The molecule has 0 atom stereocenters. The molecule has 4 nitrogen and oxygen atoms in total. The van der Waals surface area contributed by atoms with Crippen molar-refractivity contribution in [3.05, 3.63) is 45.1 Å². The van der Waals surface area contributed by atoms with Gasteiger partial charge in [0.05, 0.1) is 27.9 Å². The molecule has 0 aliphatic heterocycles. The molecule has 112 valence electrons. The Labute approximate surface area is 132 Å². The fourth-order valence-electron chi connectivity index (χ4n) is 1.86. The number of rotatable bonds is 6. The molecule has 6 heteroatoms. The van der Waals surface area contributed by atoms with Gasteiger partial charge in [-0.15, -0.1) is 11.3 Å². The Morgan fingerprint density at radius 2 is 2.19 bits per heavy atom. The van der Waals surface area contributed by atoms with E-state index < -0.39 is 0 Å². The zero-order valence-electron chi connectivity index (χ0n) is 11.7. The fourth-order valence-corrected chi connectivity index (χ4v) is 2.94. The second-order valence-corrected chi connectivity index (χ2v) is 6.20. The predicted molar refractivity (Wildman–Crippen MR) is 88.3 cm³/mol. The zero-order chi connectivity index (χ0) is 15.2. The zero-order valence-corrected chi connectivity index (χ0v) is 13.3. The number of anilines is 2. The summed E-state index contributed by atoms with van der Waals surface area (Å²) in [5.41, 5.74) is 7.75. The number of benzene rings is 1. The molecule has 0 spiro atoms. The molecule has 0 saturated carbocycles. The molecule has 0 amide bonds. The van der Waals surface area contributed by atoms with Crippen LogP contribution < -0.4 is 11.1 Å². The average Bonchev–Trinajstić information content (AvgIpc) is 2.87. The van der Waals surface area contributed by atoms with Crippen molar-refractivity contribution in [1.82, 2.24) is 0 Å². The van der Waals surface area contributed by atoms with Crippen molar-refractivity contribution >= 4 is 40.3 Å². The molecule has 1 aromatic heterocycles. The van der Waals surface area contributed by atoms with Gasteiger partial charge in [0, 0.05) is 11.4 Å². The first-order chi connectivity index (χ1) is 10.1. The molecule has 0 unspecified atom stereocenters. The first-order valence-electron chi connectivity index (χ1n) is 6.65. The first kappa shape index (κ1) is 15.7. The minimum absolute atomic E-state index is 0.342. The Morgan fingerprint density at radius 3 is 2.86 bits per heavy atom. The highest BCUT2D eigenvalue weighted by Crippen LogP contribution is 2.23. The number of ether oxygens (including phenoxy) is 1. The Kier molecular flexibility index (Phi) is 5.47. The van der Waals surface area contributed by atoms with Gasteiger partial charge in [0.15, 0.2) is 0 Å². The maximum absolute atomic E-state index is 11.7. The second-order valence-electron chi connectivity index (χ2n) is 4.41. The SMILES string of the molecule is CCOC(=O)c1ccc(N)c(NCCc2ccc(Cl)s2)c1. The van der Waals surface area contributed by atoms with Crippen LogP contribution in [0.2, 0.25) is 4.34 Å². The molecule has 1 heterocycles. The molecule has 21 heavy (non-hydrogen) atoms. The van der Waals surface area contributed by atoms with Crippen LogP contribution in [0, 0.1) is 0 Å². The number of carbonyl (C=O) groups is 1. The normalized spacial score (nSPS) is 10.4. The summed E-state index contributed by atoms with van der Waals surface area (Å²) in [5.74, 6) is -0.342. The number of hydrogen-bond donors (Lipinski definition) is 2. The number of halogens is 1. The summed E-state index contributed by atoms with van der Waals surface area (Å²) in [7, 11) is 0. The third-order valence-electron chi connectivity index (χ3n) is 2.88. The first-order valence-corrected chi connectivity index (χ1v) is 7.84. The van der Waals surface area contributed by atoms with Gasteiger partial charge in [-0.05, 0) is 43.7 Å². The van der Waals surface area contributed by atoms with Gasteiger partial charge in [-0.1, -0.05) is 11.6 Å². The number of carbonyl (C=O) groups excluding carboxylic acids is 1. The maximum Gasteiger partial charge on any atom is 0.338 e. The van der Waals surface area contributed by atoms with Gasteiger partial charge in [-0.2, -0.15) is 0 Å². The van der Waals surface area contributed by atoms with E-state index in [4.69, 9.17) is 22.1 Å². The van der Waals surface area contributed by atoms with Crippen LogP contribution in [0.3, 0.4) is 0 Å². The van der Waals surface area contributed by atoms with Gasteiger partial charge >= 0.3 is 5.97 Å². The van der Waals surface area contributed by atoms with Gasteiger partial charge in [0.2, 0.25) is 0 Å². The molecule has 0 aliphatic carbocycles. The lowest BCUT2D eigenvalue weighted by molar-refractivity contribution is 0.0526. The minimum atomic E-state index is -0.342. The fraction of sp³-hybridized carbons (Fsp3) is 0.267. The standard InChI is InChI=1S/C15H17ClN2O2S/c1-2-20-15(19)10-3-5-12(17)13(9-10)18-8-7-11-4-6-14(16)21-11/h3-6,9,18H,2,7-8,17H2,1H3. The molecule has 0 bridgehead atoms. The van der Waals surface area contributed by atoms with Gasteiger partial charge in [-0.25, -0.2) is 4.79 Å². The van der Waals surface area contributed by atoms with Crippen molar-refractivity contribution in [3.8, 4) is 0 Å². The number of thiophene rings is 1. The Hall–Kier alpha value is -1.72. The smallest absolute Gasteiger partial charge is 0.338 e. The van der Waals surface area contributed by atoms with E-state index in [1.54, 1.807) is 36.5 Å². The Morgan fingerprint density at radius 1 is 1.38 bits per heavy atom. The Balaban J connectivity index is 1.98. The molecule has 0 aliphatic rings. The number of nitrogen functional groups attached to an aromatic ring is 1. The maximum atomic E-state index is 11.7. The average molecular weight is 325 g/mol. The van der Waals surface area contributed by atoms with E-state index in [0.29, 0.717) is 24.4 Å². The van der Waals surface area contributed by atoms with E-state index in [9.17, 15) is 4.79 Å². The molecule has 1 aromatic carbocycles. The van der Waals surface area contributed by atoms with Gasteiger partial charge in [0.1, 0.15) is 0 Å². The van der Waals surface area contributed by atoms with E-state index in [1.807, 2.05) is 12.1 Å². The summed E-state index contributed by atoms with van der Waals surface area (Å²) in [5, 5.41) is 3.24. The quantitative estimate of drug-likeness (QED) is 0.626. The van der Waals surface area contributed by atoms with Gasteiger partial charge in [0.25, 0.3) is 0 Å². The van der Waals surface area contributed by atoms with Crippen molar-refractivity contribution in [2.45, 2.75) is 13.3 Å². The van der Waals surface area contributed by atoms with Gasteiger partial charge in [-0.3, -0.25) is 0 Å². The Bertz CT molecular complexity index is 628. The third-order valence-corrected chi connectivity index (χ3v) is 4.17. The van der Waals surface area contributed by atoms with Crippen LogP contribution in [0.25, 0.3) is 0 Å². The predicted octanol–water partition coefficient (Wildman–Crippen LogP) is 3.82.